The molecule has 1 atom stereocenters. The zero-order valence-corrected chi connectivity index (χ0v) is 16.1. The summed E-state index contributed by atoms with van der Waals surface area (Å²) >= 11 is 0. The van der Waals surface area contributed by atoms with Crippen LogP contribution in [0.4, 0.5) is 11.4 Å². The lowest BCUT2D eigenvalue weighted by molar-refractivity contribution is 0.0974. The van der Waals surface area contributed by atoms with Crippen LogP contribution in [0.2, 0.25) is 0 Å². The summed E-state index contributed by atoms with van der Waals surface area (Å²) in [4.78, 5) is 15.3. The lowest BCUT2D eigenvalue weighted by Gasteiger charge is -2.38. The van der Waals surface area contributed by atoms with Crippen LogP contribution in [0.25, 0.3) is 0 Å². The van der Waals surface area contributed by atoms with E-state index in [0.717, 1.165) is 22.5 Å². The minimum absolute atomic E-state index is 0.0633. The van der Waals surface area contributed by atoms with Crippen LogP contribution in [0.5, 0.6) is 17.2 Å². The number of hydrogen-bond donors (Lipinski definition) is 1. The third-order valence-corrected chi connectivity index (χ3v) is 5.20. The smallest absolute Gasteiger partial charge is 0.262 e. The van der Waals surface area contributed by atoms with Crippen molar-refractivity contribution in [2.45, 2.75) is 13.1 Å². The number of para-hydroxylation sites is 1. The van der Waals surface area contributed by atoms with Crippen LogP contribution in [0.1, 0.15) is 27.7 Å². The summed E-state index contributed by atoms with van der Waals surface area (Å²) in [5.74, 6) is 1.71. The van der Waals surface area contributed by atoms with Crippen LogP contribution in [0.3, 0.4) is 0 Å². The van der Waals surface area contributed by atoms with E-state index in [1.54, 1.807) is 12.0 Å². The Hall–Kier alpha value is -3.67. The number of ether oxygens (including phenoxy) is 3. The number of nitrogens with one attached hydrogen (secondary N) is 1. The highest BCUT2D eigenvalue weighted by Crippen LogP contribution is 2.45. The molecule has 0 saturated carbocycles. The van der Waals surface area contributed by atoms with Gasteiger partial charge in [-0.1, -0.05) is 24.3 Å². The van der Waals surface area contributed by atoms with Crippen molar-refractivity contribution in [2.75, 3.05) is 24.1 Å². The predicted molar refractivity (Wildman–Crippen MR) is 110 cm³/mol. The van der Waals surface area contributed by atoms with Crippen LogP contribution in [0.15, 0.2) is 60.7 Å². The maximum absolute atomic E-state index is 13.5. The average molecular weight is 388 g/mol. The highest BCUT2D eigenvalue weighted by atomic mass is 16.7. The van der Waals surface area contributed by atoms with Crippen LogP contribution in [-0.4, -0.2) is 19.8 Å². The first-order valence-electron chi connectivity index (χ1n) is 9.39. The van der Waals surface area contributed by atoms with Crippen molar-refractivity contribution in [3.05, 3.63) is 77.4 Å². The Kier molecular flexibility index (Phi) is 4.05. The van der Waals surface area contributed by atoms with Gasteiger partial charge in [0.05, 0.1) is 12.7 Å². The van der Waals surface area contributed by atoms with Crippen LogP contribution in [0, 0.1) is 6.92 Å². The number of rotatable bonds is 3. The van der Waals surface area contributed by atoms with Crippen LogP contribution < -0.4 is 24.4 Å². The summed E-state index contributed by atoms with van der Waals surface area (Å²) in [6.07, 6.45) is -0.428. The summed E-state index contributed by atoms with van der Waals surface area (Å²) in [6, 6.07) is 19.2. The quantitative estimate of drug-likeness (QED) is 0.716. The average Bonchev–Trinajstić information content (AvgIpc) is 3.21. The van der Waals surface area contributed by atoms with E-state index in [2.05, 4.69) is 5.32 Å². The maximum Gasteiger partial charge on any atom is 0.262 e. The topological polar surface area (TPSA) is 60.0 Å². The second-order valence-electron chi connectivity index (χ2n) is 7.06. The molecule has 0 fully saturated rings. The van der Waals surface area contributed by atoms with E-state index < -0.39 is 6.17 Å². The molecular weight excluding hydrogens is 368 g/mol. The molecular formula is C23H20N2O4. The Morgan fingerprint density at radius 3 is 2.76 bits per heavy atom. The number of amides is 1. The number of carbonyl (C=O) groups excluding carboxylic acids is 1. The zero-order chi connectivity index (χ0) is 20.0. The standard InChI is InChI=1S/C23H20N2O4/c1-14-6-5-7-16(10-14)25-22(24-18-9-4-3-8-17(18)23(25)26)15-11-19(27-2)21-20(12-15)28-13-29-21/h3-12,22,24H,13H2,1-2H3/t22-/m1/s1. The molecule has 5 rings (SSSR count). The minimum atomic E-state index is -0.428. The van der Waals surface area contributed by atoms with Crippen molar-refractivity contribution in [3.8, 4) is 17.2 Å². The largest absolute Gasteiger partial charge is 0.493 e. The van der Waals surface area contributed by atoms with Gasteiger partial charge in [0.15, 0.2) is 11.5 Å². The first-order chi connectivity index (χ1) is 14.2. The summed E-state index contributed by atoms with van der Waals surface area (Å²) in [7, 11) is 1.59. The molecule has 146 valence electrons. The van der Waals surface area contributed by atoms with Gasteiger partial charge in [-0.05, 0) is 48.9 Å². The Morgan fingerprint density at radius 2 is 1.93 bits per heavy atom. The van der Waals surface area contributed by atoms with Gasteiger partial charge in [-0.3, -0.25) is 9.69 Å². The molecule has 2 aliphatic rings. The number of carbonyl (C=O) groups is 1. The number of benzene rings is 3. The molecule has 2 aliphatic heterocycles. The molecule has 3 aromatic rings. The predicted octanol–water partition coefficient (Wildman–Crippen LogP) is 4.50. The normalized spacial score (nSPS) is 17.0. The molecule has 0 radical (unpaired) electrons. The molecule has 0 aliphatic carbocycles. The van der Waals surface area contributed by atoms with Crippen LogP contribution in [-0.2, 0) is 0 Å². The van der Waals surface area contributed by atoms with Crippen molar-refractivity contribution in [3.63, 3.8) is 0 Å². The first-order valence-corrected chi connectivity index (χ1v) is 9.39. The van der Waals surface area contributed by atoms with E-state index >= 15 is 0 Å². The van der Waals surface area contributed by atoms with Gasteiger partial charge in [-0.25, -0.2) is 0 Å². The SMILES string of the molecule is COc1cc([C@@H]2Nc3ccccc3C(=O)N2c2cccc(C)c2)cc2c1OCO2. The van der Waals surface area contributed by atoms with Gasteiger partial charge in [0.25, 0.3) is 5.91 Å². The first kappa shape index (κ1) is 17.4. The zero-order valence-electron chi connectivity index (χ0n) is 16.1. The van der Waals surface area contributed by atoms with Gasteiger partial charge in [0.2, 0.25) is 12.5 Å². The molecule has 0 saturated heterocycles. The molecule has 0 unspecified atom stereocenters. The van der Waals surface area contributed by atoms with E-state index in [0.29, 0.717) is 22.8 Å². The van der Waals surface area contributed by atoms with Crippen molar-refractivity contribution in [2.24, 2.45) is 0 Å². The lowest BCUT2D eigenvalue weighted by Crippen LogP contribution is -2.43. The van der Waals surface area contributed by atoms with E-state index in [1.165, 1.54) is 0 Å². The number of fused-ring (bicyclic) bond motifs is 2. The molecule has 1 amide bonds. The molecule has 2 heterocycles. The van der Waals surface area contributed by atoms with E-state index in [-0.39, 0.29) is 12.7 Å². The number of anilines is 2. The molecule has 0 bridgehead atoms. The Balaban J connectivity index is 1.68. The van der Waals surface area contributed by atoms with Crippen molar-refractivity contribution >= 4 is 17.3 Å². The Labute approximate surface area is 168 Å². The van der Waals surface area contributed by atoms with E-state index in [1.807, 2.05) is 67.6 Å². The summed E-state index contributed by atoms with van der Waals surface area (Å²) in [5, 5.41) is 3.51. The summed E-state index contributed by atoms with van der Waals surface area (Å²) < 4.78 is 16.6. The second-order valence-corrected chi connectivity index (χ2v) is 7.06. The molecule has 6 heteroatoms. The summed E-state index contributed by atoms with van der Waals surface area (Å²) in [6.45, 7) is 2.16. The fraction of sp³-hybridized carbons (Fsp3) is 0.174. The minimum Gasteiger partial charge on any atom is -0.493 e. The van der Waals surface area contributed by atoms with E-state index in [4.69, 9.17) is 14.2 Å². The van der Waals surface area contributed by atoms with Crippen molar-refractivity contribution in [1.82, 2.24) is 0 Å². The van der Waals surface area contributed by atoms with Gasteiger partial charge in [-0.15, -0.1) is 0 Å². The Bertz CT molecular complexity index is 1110. The molecule has 29 heavy (non-hydrogen) atoms. The summed E-state index contributed by atoms with van der Waals surface area (Å²) in [5.41, 5.74) is 4.17. The number of hydrogen-bond acceptors (Lipinski definition) is 5. The van der Waals surface area contributed by atoms with Gasteiger partial charge in [0, 0.05) is 16.9 Å². The molecule has 3 aromatic carbocycles. The number of methoxy groups -OCH3 is 1. The molecule has 6 nitrogen and oxygen atoms in total. The molecule has 0 aromatic heterocycles. The second kappa shape index (κ2) is 6.74. The lowest BCUT2D eigenvalue weighted by atomic mass is 10.0. The van der Waals surface area contributed by atoms with Gasteiger partial charge < -0.3 is 19.5 Å². The molecule has 1 N–H and O–H groups in total. The number of aryl methyl sites for hydroxylation is 1. The van der Waals surface area contributed by atoms with Gasteiger partial charge in [-0.2, -0.15) is 0 Å². The maximum atomic E-state index is 13.5. The van der Waals surface area contributed by atoms with Crippen molar-refractivity contribution < 1.29 is 19.0 Å². The highest BCUT2D eigenvalue weighted by Gasteiger charge is 2.35. The van der Waals surface area contributed by atoms with Gasteiger partial charge in [0.1, 0.15) is 6.17 Å². The molecule has 0 spiro atoms. The van der Waals surface area contributed by atoms with Gasteiger partial charge >= 0.3 is 0 Å². The third kappa shape index (κ3) is 2.84. The monoisotopic (exact) mass is 388 g/mol. The highest BCUT2D eigenvalue weighted by molar-refractivity contribution is 6.12. The van der Waals surface area contributed by atoms with E-state index in [9.17, 15) is 4.79 Å². The fourth-order valence-electron chi connectivity index (χ4n) is 3.84. The van der Waals surface area contributed by atoms with Crippen LogP contribution >= 0.6 is 0 Å². The third-order valence-electron chi connectivity index (χ3n) is 5.20. The number of nitrogens with zero attached hydrogens (tertiary/aromatic N) is 1. The fourth-order valence-corrected chi connectivity index (χ4v) is 3.84. The Morgan fingerprint density at radius 1 is 1.07 bits per heavy atom. The van der Waals surface area contributed by atoms with Crippen molar-refractivity contribution in [1.29, 1.82) is 0 Å².